The monoisotopic (exact) mass is 611 g/mol. The van der Waals surface area contributed by atoms with Gasteiger partial charge >= 0.3 is 17.9 Å². The third-order valence-electron chi connectivity index (χ3n) is 9.46. The summed E-state index contributed by atoms with van der Waals surface area (Å²) in [6, 6.07) is -3.18. The molecule has 0 saturated heterocycles. The number of carboxylic acids is 3. The van der Waals surface area contributed by atoms with Crippen LogP contribution in [0.15, 0.2) is 12.7 Å². The van der Waals surface area contributed by atoms with Gasteiger partial charge in [0.2, 0.25) is 0 Å². The number of hydrogen-bond donors (Lipinski definition) is 3. The summed E-state index contributed by atoms with van der Waals surface area (Å²) in [5, 5.41) is 30.1. The SMILES string of the molecule is C=CCCCCCCCCCCCCCCCCCCCCCC[N+](C(CC)C(=O)O)(C(CC)C(=O)O)C(CC)C(=O)O. The minimum atomic E-state index is -1.11. The van der Waals surface area contributed by atoms with Crippen LogP contribution >= 0.6 is 0 Å². The van der Waals surface area contributed by atoms with Crippen LogP contribution in [0.1, 0.15) is 175 Å². The molecular weight excluding hydrogens is 542 g/mol. The molecule has 0 fully saturated rings. The maximum absolute atomic E-state index is 12.3. The molecule has 0 aromatic carbocycles. The normalized spacial score (nSPS) is 15.0. The van der Waals surface area contributed by atoms with Gasteiger partial charge in [-0.1, -0.05) is 136 Å². The minimum absolute atomic E-state index is 0.195. The molecule has 0 aliphatic carbocycles. The predicted octanol–water partition coefficient (Wildman–Crippen LogP) is 9.77. The van der Waals surface area contributed by atoms with Crippen LogP contribution in [-0.4, -0.2) is 62.4 Å². The van der Waals surface area contributed by atoms with Crippen molar-refractivity contribution < 1.29 is 34.2 Å². The maximum atomic E-state index is 12.3. The van der Waals surface area contributed by atoms with Gasteiger partial charge < -0.3 is 15.3 Å². The van der Waals surface area contributed by atoms with E-state index in [1.807, 2.05) is 6.08 Å². The van der Waals surface area contributed by atoms with Crippen LogP contribution in [-0.2, 0) is 14.4 Å². The number of aliphatic carboxylic acids is 3. The molecule has 252 valence electrons. The van der Waals surface area contributed by atoms with Crippen molar-refractivity contribution in [3.05, 3.63) is 12.7 Å². The number of allylic oxidation sites excluding steroid dienone is 1. The van der Waals surface area contributed by atoms with Crippen LogP contribution in [0, 0.1) is 0 Å². The van der Waals surface area contributed by atoms with Crippen molar-refractivity contribution in [3.63, 3.8) is 0 Å². The number of carboxylic acid groups (broad SMARTS) is 3. The molecule has 7 heteroatoms. The van der Waals surface area contributed by atoms with E-state index in [1.54, 1.807) is 20.8 Å². The van der Waals surface area contributed by atoms with E-state index in [2.05, 4.69) is 6.58 Å². The van der Waals surface area contributed by atoms with Gasteiger partial charge in [-0.05, 0) is 25.7 Å². The van der Waals surface area contributed by atoms with E-state index in [0.29, 0.717) is 6.42 Å². The van der Waals surface area contributed by atoms with Gasteiger partial charge in [0.1, 0.15) is 0 Å². The van der Waals surface area contributed by atoms with Crippen LogP contribution in [0.25, 0.3) is 0 Å². The van der Waals surface area contributed by atoms with E-state index in [-0.39, 0.29) is 25.8 Å². The quantitative estimate of drug-likeness (QED) is 0.0397. The summed E-state index contributed by atoms with van der Waals surface area (Å²) in [5.41, 5.74) is 0. The second-order valence-electron chi connectivity index (χ2n) is 12.7. The summed E-state index contributed by atoms with van der Waals surface area (Å²) < 4.78 is -0.403. The zero-order valence-electron chi connectivity index (χ0n) is 28.2. The molecule has 0 saturated carbocycles. The number of nitrogens with zero attached hydrogens (tertiary/aromatic N) is 1. The molecule has 7 nitrogen and oxygen atoms in total. The van der Waals surface area contributed by atoms with Crippen molar-refractivity contribution in [1.82, 2.24) is 0 Å². The van der Waals surface area contributed by atoms with Crippen LogP contribution in [0.2, 0.25) is 0 Å². The van der Waals surface area contributed by atoms with Crippen molar-refractivity contribution >= 4 is 17.9 Å². The van der Waals surface area contributed by atoms with Crippen LogP contribution in [0.4, 0.5) is 0 Å². The Morgan fingerprint density at radius 2 is 0.721 bits per heavy atom. The Kier molecular flexibility index (Phi) is 25.3. The zero-order valence-corrected chi connectivity index (χ0v) is 28.2. The van der Waals surface area contributed by atoms with Gasteiger partial charge in [0.05, 0.1) is 6.54 Å². The maximum Gasteiger partial charge on any atom is 0.362 e. The van der Waals surface area contributed by atoms with E-state index in [9.17, 15) is 29.7 Å². The fraction of sp³-hybridized carbons (Fsp3) is 0.861. The van der Waals surface area contributed by atoms with E-state index in [0.717, 1.165) is 25.7 Å². The van der Waals surface area contributed by atoms with E-state index in [1.165, 1.54) is 103 Å². The highest BCUT2D eigenvalue weighted by atomic mass is 16.4. The van der Waals surface area contributed by atoms with Crippen LogP contribution in [0.3, 0.4) is 0 Å². The Labute approximate surface area is 264 Å². The van der Waals surface area contributed by atoms with Crippen molar-refractivity contribution in [2.24, 2.45) is 0 Å². The lowest BCUT2D eigenvalue weighted by molar-refractivity contribution is -0.973. The molecule has 0 rings (SSSR count). The van der Waals surface area contributed by atoms with Crippen LogP contribution < -0.4 is 0 Å². The van der Waals surface area contributed by atoms with Gasteiger partial charge in [-0.3, -0.25) is 4.48 Å². The van der Waals surface area contributed by atoms with Gasteiger partial charge in [0.25, 0.3) is 0 Å². The van der Waals surface area contributed by atoms with Gasteiger partial charge in [-0.15, -0.1) is 6.58 Å². The molecule has 3 atom stereocenters. The molecule has 3 N–H and O–H groups in total. The van der Waals surface area contributed by atoms with Crippen molar-refractivity contribution in [3.8, 4) is 0 Å². The van der Waals surface area contributed by atoms with Crippen LogP contribution in [0.5, 0.6) is 0 Å². The fourth-order valence-corrected chi connectivity index (χ4v) is 7.14. The van der Waals surface area contributed by atoms with E-state index in [4.69, 9.17) is 0 Å². The molecule has 43 heavy (non-hydrogen) atoms. The highest BCUT2D eigenvalue weighted by Gasteiger charge is 2.55. The molecule has 0 aromatic rings. The summed E-state index contributed by atoms with van der Waals surface area (Å²) in [6.07, 6.45) is 28.8. The highest BCUT2D eigenvalue weighted by molar-refractivity contribution is 5.78. The van der Waals surface area contributed by atoms with Crippen molar-refractivity contribution in [1.29, 1.82) is 0 Å². The number of unbranched alkanes of at least 4 members (excludes halogenated alkanes) is 20. The summed E-state index contributed by atoms with van der Waals surface area (Å²) in [7, 11) is 0. The molecule has 0 bridgehead atoms. The largest absolute Gasteiger partial charge is 0.477 e. The number of quaternary nitrogens is 1. The number of rotatable bonds is 32. The topological polar surface area (TPSA) is 112 Å². The average Bonchev–Trinajstić information content (AvgIpc) is 2.96. The molecule has 0 spiro atoms. The molecule has 0 aliphatic heterocycles. The predicted molar refractivity (Wildman–Crippen MR) is 177 cm³/mol. The van der Waals surface area contributed by atoms with Crippen molar-refractivity contribution in [2.45, 2.75) is 193 Å². The second-order valence-corrected chi connectivity index (χ2v) is 12.7. The van der Waals surface area contributed by atoms with E-state index < -0.39 is 40.5 Å². The molecular formula is C36H68NO6+. The average molecular weight is 611 g/mol. The summed E-state index contributed by atoms with van der Waals surface area (Å²) in [4.78, 5) is 36.9. The Bertz CT molecular complexity index is 684. The molecule has 0 aromatic heterocycles. The summed E-state index contributed by atoms with van der Waals surface area (Å²) >= 11 is 0. The Hall–Kier alpha value is -1.89. The Morgan fingerprint density at radius 3 is 0.930 bits per heavy atom. The fourth-order valence-electron chi connectivity index (χ4n) is 7.14. The first kappa shape index (κ1) is 41.1. The van der Waals surface area contributed by atoms with Gasteiger partial charge in [-0.25, -0.2) is 14.4 Å². The number of hydrogen-bond acceptors (Lipinski definition) is 3. The molecule has 0 heterocycles. The minimum Gasteiger partial charge on any atom is -0.477 e. The first-order chi connectivity index (χ1) is 20.7. The van der Waals surface area contributed by atoms with Gasteiger partial charge in [0.15, 0.2) is 18.1 Å². The van der Waals surface area contributed by atoms with Gasteiger partial charge in [0, 0.05) is 19.3 Å². The second kappa shape index (κ2) is 26.5. The zero-order chi connectivity index (χ0) is 32.3. The molecule has 0 aliphatic rings. The molecule has 0 radical (unpaired) electrons. The Balaban J connectivity index is 4.25. The lowest BCUT2D eigenvalue weighted by atomic mass is 9.93. The number of carbonyl (C=O) groups is 3. The smallest absolute Gasteiger partial charge is 0.362 e. The first-order valence-electron chi connectivity index (χ1n) is 17.9. The highest BCUT2D eigenvalue weighted by Crippen LogP contribution is 2.32. The lowest BCUT2D eigenvalue weighted by Crippen LogP contribution is -2.72. The Morgan fingerprint density at radius 1 is 0.488 bits per heavy atom. The van der Waals surface area contributed by atoms with E-state index >= 15 is 0 Å². The molecule has 3 unspecified atom stereocenters. The third kappa shape index (κ3) is 16.7. The van der Waals surface area contributed by atoms with Crippen molar-refractivity contribution in [2.75, 3.05) is 6.54 Å². The third-order valence-corrected chi connectivity index (χ3v) is 9.46. The molecule has 0 amide bonds. The summed E-state index contributed by atoms with van der Waals surface area (Å²) in [5.74, 6) is -3.34. The first-order valence-corrected chi connectivity index (χ1v) is 17.9. The summed E-state index contributed by atoms with van der Waals surface area (Å²) in [6.45, 7) is 9.18. The lowest BCUT2D eigenvalue weighted by Gasteiger charge is -2.49. The standard InChI is InChI=1S/C36H67NO6/c1-5-9-10-11-12-13-14-15-16-17-18-19-20-21-22-23-24-25-26-27-28-29-30-37(31(6-2)34(38)39,32(7-3)35(40)41)33(8-4)36(42)43/h5,31-33H,1,6-30H2,2-4H3,(H2-,38,39,40,41,42,43)/p+1. The van der Waals surface area contributed by atoms with Gasteiger partial charge in [-0.2, -0.15) is 0 Å².